The number of benzene rings is 1. The van der Waals surface area contributed by atoms with Gasteiger partial charge in [0.2, 0.25) is 0 Å². The van der Waals surface area contributed by atoms with Crippen molar-refractivity contribution >= 4 is 23.3 Å². The number of carbonyl (C=O) groups is 1. The minimum atomic E-state index is -4.56. The number of halogens is 3. The van der Waals surface area contributed by atoms with E-state index < -0.39 is 23.8 Å². The maximum Gasteiger partial charge on any atom is 0.416 e. The van der Waals surface area contributed by atoms with Crippen LogP contribution in [-0.2, 0) is 20.4 Å². The Morgan fingerprint density at radius 3 is 2.57 bits per heavy atom. The number of nitrogens with zero attached hydrogens (tertiary/aromatic N) is 1. The number of thiocarbonyl (C=S) groups is 1. The third kappa shape index (κ3) is 4.15. The van der Waals surface area contributed by atoms with E-state index in [9.17, 15) is 18.0 Å². The molecule has 1 aliphatic heterocycles. The SMILES string of the molecule is COCCOC(=O)C1=C(C)N(C2CC2)C(=S)NC1c1ccccc1C(F)(F)F. The molecular weight excluding hydrogens is 393 g/mol. The van der Waals surface area contributed by atoms with Gasteiger partial charge >= 0.3 is 12.1 Å². The van der Waals surface area contributed by atoms with Gasteiger partial charge < -0.3 is 19.7 Å². The molecule has 1 N–H and O–H groups in total. The first-order valence-corrected chi connectivity index (χ1v) is 9.29. The Morgan fingerprint density at radius 1 is 1.29 bits per heavy atom. The van der Waals surface area contributed by atoms with Crippen molar-refractivity contribution in [3.05, 3.63) is 46.7 Å². The van der Waals surface area contributed by atoms with Crippen LogP contribution in [0.3, 0.4) is 0 Å². The predicted octanol–water partition coefficient (Wildman–Crippen LogP) is 3.56. The summed E-state index contributed by atoms with van der Waals surface area (Å²) < 4.78 is 50.8. The molecule has 1 fully saturated rings. The Morgan fingerprint density at radius 2 is 1.96 bits per heavy atom. The van der Waals surface area contributed by atoms with Crippen molar-refractivity contribution in [3.63, 3.8) is 0 Å². The first kappa shape index (κ1) is 20.6. The molecule has 0 amide bonds. The van der Waals surface area contributed by atoms with Crippen molar-refractivity contribution in [2.24, 2.45) is 0 Å². The van der Waals surface area contributed by atoms with E-state index in [-0.39, 0.29) is 30.4 Å². The molecule has 1 aromatic carbocycles. The molecule has 1 aliphatic carbocycles. The molecule has 9 heteroatoms. The van der Waals surface area contributed by atoms with Crippen molar-refractivity contribution in [1.82, 2.24) is 10.2 Å². The lowest BCUT2D eigenvalue weighted by atomic mass is 9.91. The lowest BCUT2D eigenvalue weighted by Gasteiger charge is -2.38. The van der Waals surface area contributed by atoms with Crippen LogP contribution in [0.15, 0.2) is 35.5 Å². The highest BCUT2D eigenvalue weighted by Crippen LogP contribution is 2.41. The molecule has 1 saturated carbocycles. The summed E-state index contributed by atoms with van der Waals surface area (Å²) in [5, 5.41) is 3.25. The molecule has 28 heavy (non-hydrogen) atoms. The number of hydrogen-bond acceptors (Lipinski definition) is 4. The van der Waals surface area contributed by atoms with Crippen molar-refractivity contribution in [2.45, 2.75) is 38.0 Å². The summed E-state index contributed by atoms with van der Waals surface area (Å²) in [7, 11) is 1.47. The summed E-state index contributed by atoms with van der Waals surface area (Å²) in [5.41, 5.74) is -0.222. The Kier molecular flexibility index (Phi) is 5.95. The Hall–Kier alpha value is -2.13. The van der Waals surface area contributed by atoms with Crippen LogP contribution in [0, 0.1) is 0 Å². The zero-order chi connectivity index (χ0) is 20.5. The smallest absolute Gasteiger partial charge is 0.416 e. The molecule has 0 spiro atoms. The molecule has 1 atom stereocenters. The number of esters is 1. The first-order chi connectivity index (χ1) is 13.3. The van der Waals surface area contributed by atoms with Crippen LogP contribution in [0.4, 0.5) is 13.2 Å². The van der Waals surface area contributed by atoms with Crippen molar-refractivity contribution in [1.29, 1.82) is 0 Å². The summed E-state index contributed by atoms with van der Waals surface area (Å²) in [4.78, 5) is 14.6. The predicted molar refractivity (Wildman–Crippen MR) is 100 cm³/mol. The van der Waals surface area contributed by atoms with Gasteiger partial charge in [0.25, 0.3) is 0 Å². The fourth-order valence-corrected chi connectivity index (χ4v) is 3.73. The quantitative estimate of drug-likeness (QED) is 0.436. The highest BCUT2D eigenvalue weighted by Gasteiger charge is 2.43. The van der Waals surface area contributed by atoms with Crippen LogP contribution in [0.25, 0.3) is 0 Å². The van der Waals surface area contributed by atoms with E-state index in [0.29, 0.717) is 10.8 Å². The Balaban J connectivity index is 2.06. The summed E-state index contributed by atoms with van der Waals surface area (Å²) in [6.45, 7) is 1.90. The second-order valence-electron chi connectivity index (χ2n) is 6.70. The van der Waals surface area contributed by atoms with Gasteiger partial charge in [-0.1, -0.05) is 18.2 Å². The topological polar surface area (TPSA) is 50.8 Å². The van der Waals surface area contributed by atoms with Crippen LogP contribution in [0.2, 0.25) is 0 Å². The molecule has 5 nitrogen and oxygen atoms in total. The minimum absolute atomic E-state index is 0.00757. The molecule has 0 radical (unpaired) electrons. The summed E-state index contributed by atoms with van der Waals surface area (Å²) in [5.74, 6) is -0.683. The lowest BCUT2D eigenvalue weighted by molar-refractivity contribution is -0.142. The molecular formula is C19H21F3N2O3S. The third-order valence-electron chi connectivity index (χ3n) is 4.76. The van der Waals surface area contributed by atoms with Crippen molar-refractivity contribution in [2.75, 3.05) is 20.3 Å². The Labute approximate surface area is 166 Å². The standard InChI is InChI=1S/C19H21F3N2O3S/c1-11-15(17(25)27-10-9-26-2)16(23-18(28)24(11)12-7-8-12)13-5-3-4-6-14(13)19(20,21)22/h3-6,12,16H,7-10H2,1-2H3,(H,23,28). The van der Waals surface area contributed by atoms with E-state index in [0.717, 1.165) is 18.9 Å². The number of methoxy groups -OCH3 is 1. The van der Waals surface area contributed by atoms with Crippen LogP contribution in [0.5, 0.6) is 0 Å². The molecule has 1 aromatic rings. The number of carbonyl (C=O) groups excluding carboxylic acids is 1. The molecule has 0 aromatic heterocycles. The number of rotatable bonds is 6. The molecule has 2 aliphatic rings. The van der Waals surface area contributed by atoms with Crippen molar-refractivity contribution < 1.29 is 27.4 Å². The number of allylic oxidation sites excluding steroid dienone is 1. The van der Waals surface area contributed by atoms with Gasteiger partial charge in [-0.25, -0.2) is 4.79 Å². The highest BCUT2D eigenvalue weighted by atomic mass is 32.1. The van der Waals surface area contributed by atoms with Gasteiger partial charge in [-0.3, -0.25) is 0 Å². The number of ether oxygens (including phenoxy) is 2. The summed E-state index contributed by atoms with van der Waals surface area (Å²) >= 11 is 5.41. The first-order valence-electron chi connectivity index (χ1n) is 8.88. The molecule has 1 unspecified atom stereocenters. The van der Waals surface area contributed by atoms with Gasteiger partial charge in [0.1, 0.15) is 6.61 Å². The molecule has 3 rings (SSSR count). The highest BCUT2D eigenvalue weighted by molar-refractivity contribution is 7.80. The minimum Gasteiger partial charge on any atom is -0.460 e. The van der Waals surface area contributed by atoms with E-state index in [1.54, 1.807) is 11.8 Å². The van der Waals surface area contributed by atoms with Gasteiger partial charge in [-0.2, -0.15) is 13.2 Å². The van der Waals surface area contributed by atoms with E-state index in [1.165, 1.54) is 25.3 Å². The Bertz CT molecular complexity index is 806. The van der Waals surface area contributed by atoms with Gasteiger partial charge in [-0.15, -0.1) is 0 Å². The average Bonchev–Trinajstić information content (AvgIpc) is 3.45. The summed E-state index contributed by atoms with van der Waals surface area (Å²) in [6, 6.07) is 4.28. The van der Waals surface area contributed by atoms with E-state index in [2.05, 4.69) is 5.32 Å². The third-order valence-corrected chi connectivity index (χ3v) is 5.07. The van der Waals surface area contributed by atoms with Gasteiger partial charge in [0.05, 0.1) is 23.8 Å². The van der Waals surface area contributed by atoms with E-state index in [4.69, 9.17) is 21.7 Å². The largest absolute Gasteiger partial charge is 0.460 e. The number of nitrogens with one attached hydrogen (secondary N) is 1. The molecule has 152 valence electrons. The average molecular weight is 414 g/mol. The van der Waals surface area contributed by atoms with E-state index >= 15 is 0 Å². The molecule has 1 heterocycles. The second-order valence-corrected chi connectivity index (χ2v) is 7.08. The van der Waals surface area contributed by atoms with E-state index in [1.807, 2.05) is 0 Å². The van der Waals surface area contributed by atoms with Gasteiger partial charge in [0.15, 0.2) is 5.11 Å². The lowest BCUT2D eigenvalue weighted by Crippen LogP contribution is -2.49. The van der Waals surface area contributed by atoms with Crippen LogP contribution in [-0.4, -0.2) is 42.3 Å². The zero-order valence-electron chi connectivity index (χ0n) is 15.5. The van der Waals surface area contributed by atoms with Crippen molar-refractivity contribution in [3.8, 4) is 0 Å². The number of alkyl halides is 3. The zero-order valence-corrected chi connectivity index (χ0v) is 16.3. The maximum absolute atomic E-state index is 13.6. The normalized spacial score (nSPS) is 20.2. The van der Waals surface area contributed by atoms with Crippen LogP contribution in [0.1, 0.15) is 36.9 Å². The van der Waals surface area contributed by atoms with Gasteiger partial charge in [0, 0.05) is 18.8 Å². The van der Waals surface area contributed by atoms with Crippen LogP contribution < -0.4 is 5.32 Å². The monoisotopic (exact) mass is 414 g/mol. The fraction of sp³-hybridized carbons (Fsp3) is 0.474. The number of hydrogen-bond donors (Lipinski definition) is 1. The molecule has 0 saturated heterocycles. The second kappa shape index (κ2) is 8.08. The van der Waals surface area contributed by atoms with Gasteiger partial charge in [-0.05, 0) is 43.6 Å². The fourth-order valence-electron chi connectivity index (χ4n) is 3.33. The van der Waals surface area contributed by atoms with Crippen LogP contribution >= 0.6 is 12.2 Å². The maximum atomic E-state index is 13.6. The molecule has 0 bridgehead atoms. The summed E-state index contributed by atoms with van der Waals surface area (Å²) in [6.07, 6.45) is -2.74.